The Labute approximate surface area is 153 Å². The molecule has 1 aromatic heterocycles. The van der Waals surface area contributed by atoms with Crippen molar-refractivity contribution < 1.29 is 19.9 Å². The maximum absolute atomic E-state index is 13.0. The molecule has 3 atom stereocenters. The number of pyridine rings is 1. The van der Waals surface area contributed by atoms with Crippen molar-refractivity contribution in [1.29, 1.82) is 0 Å². The number of rotatable bonds is 6. The van der Waals surface area contributed by atoms with E-state index in [4.69, 9.17) is 5.21 Å². The Morgan fingerprint density at radius 1 is 1.35 bits per heavy atom. The van der Waals surface area contributed by atoms with Crippen LogP contribution >= 0.6 is 0 Å². The Morgan fingerprint density at radius 2 is 2.08 bits per heavy atom. The summed E-state index contributed by atoms with van der Waals surface area (Å²) in [5, 5.41) is 19.0. The Hall–Kier alpha value is -2.19. The van der Waals surface area contributed by atoms with Gasteiger partial charge in [-0.1, -0.05) is 19.9 Å². The van der Waals surface area contributed by atoms with Gasteiger partial charge in [-0.15, -0.1) is 0 Å². The number of aliphatic hydroxyl groups is 1. The van der Waals surface area contributed by atoms with E-state index in [1.807, 2.05) is 39.0 Å². The summed E-state index contributed by atoms with van der Waals surface area (Å²) in [6.07, 6.45) is 0.525. The van der Waals surface area contributed by atoms with Crippen LogP contribution in [-0.4, -0.2) is 63.8 Å². The number of piperazine rings is 1. The molecule has 0 spiro atoms. The lowest BCUT2D eigenvalue weighted by atomic mass is 9.89. The second-order valence-corrected chi connectivity index (χ2v) is 7.17. The molecular formula is C18H28N4O4. The lowest BCUT2D eigenvalue weighted by Gasteiger charge is -2.42. The monoisotopic (exact) mass is 364 g/mol. The van der Waals surface area contributed by atoms with Crippen molar-refractivity contribution in [3.63, 3.8) is 0 Å². The van der Waals surface area contributed by atoms with Gasteiger partial charge in [0.05, 0.1) is 5.92 Å². The number of nitrogens with one attached hydrogen (secondary N) is 1. The van der Waals surface area contributed by atoms with E-state index in [2.05, 4.69) is 9.88 Å². The van der Waals surface area contributed by atoms with Gasteiger partial charge in [-0.2, -0.15) is 0 Å². The minimum Gasteiger partial charge on any atom is -0.382 e. The second-order valence-electron chi connectivity index (χ2n) is 7.17. The van der Waals surface area contributed by atoms with E-state index in [1.54, 1.807) is 11.1 Å². The molecular weight excluding hydrogens is 336 g/mol. The molecule has 2 heterocycles. The average molecular weight is 364 g/mol. The smallest absolute Gasteiger partial charge is 0.272 e. The topological polar surface area (TPSA) is 106 Å². The van der Waals surface area contributed by atoms with Crippen LogP contribution in [0.4, 0.5) is 5.82 Å². The van der Waals surface area contributed by atoms with Crippen LogP contribution in [0.1, 0.15) is 27.2 Å². The van der Waals surface area contributed by atoms with Crippen molar-refractivity contribution in [2.75, 3.05) is 24.5 Å². The van der Waals surface area contributed by atoms with Crippen LogP contribution < -0.4 is 10.4 Å². The molecule has 0 bridgehead atoms. The van der Waals surface area contributed by atoms with Crippen LogP contribution in [0.3, 0.4) is 0 Å². The molecule has 0 radical (unpaired) electrons. The number of hydrogen-bond acceptors (Lipinski definition) is 6. The summed E-state index contributed by atoms with van der Waals surface area (Å²) in [6, 6.07) is 5.63. The second kappa shape index (κ2) is 8.95. The molecule has 1 saturated heterocycles. The summed E-state index contributed by atoms with van der Waals surface area (Å²) >= 11 is 0. The normalized spacial score (nSPS) is 20.0. The van der Waals surface area contributed by atoms with Gasteiger partial charge in [0.25, 0.3) is 5.91 Å². The van der Waals surface area contributed by atoms with Crippen molar-refractivity contribution in [2.45, 2.75) is 39.3 Å². The summed E-state index contributed by atoms with van der Waals surface area (Å²) in [7, 11) is 0. The molecule has 144 valence electrons. The predicted molar refractivity (Wildman–Crippen MR) is 96.5 cm³/mol. The molecule has 0 aromatic carbocycles. The van der Waals surface area contributed by atoms with Gasteiger partial charge in [0, 0.05) is 31.9 Å². The predicted octanol–water partition coefficient (Wildman–Crippen LogP) is 0.647. The first kappa shape index (κ1) is 20.1. The number of anilines is 1. The molecule has 8 nitrogen and oxygen atoms in total. The molecule has 1 aliphatic heterocycles. The van der Waals surface area contributed by atoms with Crippen molar-refractivity contribution in [1.82, 2.24) is 15.4 Å². The Morgan fingerprint density at radius 3 is 2.62 bits per heavy atom. The van der Waals surface area contributed by atoms with Crippen molar-refractivity contribution in [2.24, 2.45) is 11.8 Å². The molecule has 1 aliphatic rings. The first-order valence-electron chi connectivity index (χ1n) is 8.93. The van der Waals surface area contributed by atoms with Crippen LogP contribution in [0.15, 0.2) is 24.4 Å². The van der Waals surface area contributed by atoms with E-state index < -0.39 is 17.9 Å². The standard InChI is InChI=1S/C18H28N4O4/c1-12(2)10-14(16(23)17(24)20-26)18(25)22-9-8-21(11-13(22)3)15-6-4-5-7-19-15/h4-7,12-14,16,23,26H,8-11H2,1-3H3,(H,20,24)/t13-,14-,16+/m0/s1. The molecule has 0 saturated carbocycles. The molecule has 0 unspecified atom stereocenters. The SMILES string of the molecule is CC(C)C[C@H](C(=O)N1CCN(c2ccccn2)C[C@@H]1C)[C@@H](O)C(=O)NO. The van der Waals surface area contributed by atoms with E-state index in [9.17, 15) is 14.7 Å². The van der Waals surface area contributed by atoms with Gasteiger partial charge in [0.1, 0.15) is 11.9 Å². The highest BCUT2D eigenvalue weighted by Crippen LogP contribution is 2.23. The van der Waals surface area contributed by atoms with Crippen molar-refractivity contribution in [3.05, 3.63) is 24.4 Å². The highest BCUT2D eigenvalue weighted by molar-refractivity contribution is 5.89. The fourth-order valence-corrected chi connectivity index (χ4v) is 3.37. The Kier molecular flexibility index (Phi) is 6.93. The molecule has 26 heavy (non-hydrogen) atoms. The third-order valence-electron chi connectivity index (χ3n) is 4.69. The van der Waals surface area contributed by atoms with Crippen molar-refractivity contribution >= 4 is 17.6 Å². The minimum atomic E-state index is -1.57. The van der Waals surface area contributed by atoms with E-state index in [0.717, 1.165) is 5.82 Å². The summed E-state index contributed by atoms with van der Waals surface area (Å²) in [6.45, 7) is 7.53. The fourth-order valence-electron chi connectivity index (χ4n) is 3.37. The Bertz CT molecular complexity index is 610. The summed E-state index contributed by atoms with van der Waals surface area (Å²) < 4.78 is 0. The summed E-state index contributed by atoms with van der Waals surface area (Å²) in [5.41, 5.74) is 1.44. The zero-order valence-electron chi connectivity index (χ0n) is 15.5. The number of aromatic nitrogens is 1. The lowest BCUT2D eigenvalue weighted by molar-refractivity contribution is -0.152. The lowest BCUT2D eigenvalue weighted by Crippen LogP contribution is -2.57. The number of nitrogens with zero attached hydrogens (tertiary/aromatic N) is 3. The first-order valence-corrected chi connectivity index (χ1v) is 8.93. The largest absolute Gasteiger partial charge is 0.382 e. The average Bonchev–Trinajstić information content (AvgIpc) is 2.64. The molecule has 2 rings (SSSR count). The minimum absolute atomic E-state index is 0.0858. The van der Waals surface area contributed by atoms with E-state index >= 15 is 0 Å². The van der Waals surface area contributed by atoms with Gasteiger partial charge < -0.3 is 14.9 Å². The number of hydroxylamine groups is 1. The van der Waals surface area contributed by atoms with E-state index in [-0.39, 0.29) is 17.9 Å². The van der Waals surface area contributed by atoms with E-state index in [0.29, 0.717) is 26.1 Å². The van der Waals surface area contributed by atoms with Crippen LogP contribution in [0.25, 0.3) is 0 Å². The van der Waals surface area contributed by atoms with Crippen molar-refractivity contribution in [3.8, 4) is 0 Å². The third-order valence-corrected chi connectivity index (χ3v) is 4.69. The Balaban J connectivity index is 2.10. The summed E-state index contributed by atoms with van der Waals surface area (Å²) in [4.78, 5) is 32.8. The molecule has 3 N–H and O–H groups in total. The number of carbonyl (C=O) groups is 2. The van der Waals surface area contributed by atoms with Gasteiger partial charge in [0.2, 0.25) is 5.91 Å². The van der Waals surface area contributed by atoms with Gasteiger partial charge in [-0.3, -0.25) is 14.8 Å². The molecule has 0 aliphatic carbocycles. The maximum atomic E-state index is 13.0. The first-order chi connectivity index (χ1) is 12.3. The fraction of sp³-hybridized carbons (Fsp3) is 0.611. The molecule has 8 heteroatoms. The maximum Gasteiger partial charge on any atom is 0.272 e. The van der Waals surface area contributed by atoms with Crippen LogP contribution in [-0.2, 0) is 9.59 Å². The molecule has 2 amide bonds. The zero-order valence-corrected chi connectivity index (χ0v) is 15.5. The molecule has 1 aromatic rings. The van der Waals surface area contributed by atoms with Gasteiger partial charge in [-0.05, 0) is 31.4 Å². The number of carbonyl (C=O) groups excluding carboxylic acids is 2. The van der Waals surface area contributed by atoms with Gasteiger partial charge >= 0.3 is 0 Å². The zero-order chi connectivity index (χ0) is 19.3. The number of hydrogen-bond donors (Lipinski definition) is 3. The van der Waals surface area contributed by atoms with Gasteiger partial charge in [-0.25, -0.2) is 10.5 Å². The molecule has 1 fully saturated rings. The highest BCUT2D eigenvalue weighted by Gasteiger charge is 2.38. The third kappa shape index (κ3) is 4.70. The van der Waals surface area contributed by atoms with Gasteiger partial charge in [0.15, 0.2) is 0 Å². The summed E-state index contributed by atoms with van der Waals surface area (Å²) in [5.74, 6) is -1.11. The number of aliphatic hydroxyl groups excluding tert-OH is 1. The highest BCUT2D eigenvalue weighted by atomic mass is 16.5. The van der Waals surface area contributed by atoms with Crippen LogP contribution in [0, 0.1) is 11.8 Å². The van der Waals surface area contributed by atoms with E-state index in [1.165, 1.54) is 5.48 Å². The van der Waals surface area contributed by atoms with Crippen LogP contribution in [0.2, 0.25) is 0 Å². The number of amides is 2. The van der Waals surface area contributed by atoms with Crippen LogP contribution in [0.5, 0.6) is 0 Å². The quantitative estimate of drug-likeness (QED) is 0.505.